The Morgan fingerprint density at radius 1 is 1.06 bits per heavy atom. The third-order valence-corrected chi connectivity index (χ3v) is 3.96. The maximum Gasteiger partial charge on any atom is 0.0895 e. The summed E-state index contributed by atoms with van der Waals surface area (Å²) in [4.78, 5) is 0. The van der Waals surface area contributed by atoms with Crippen molar-refractivity contribution < 1.29 is 0 Å². The van der Waals surface area contributed by atoms with Gasteiger partial charge in [0, 0.05) is 5.92 Å². The van der Waals surface area contributed by atoms with Gasteiger partial charge in [0.25, 0.3) is 0 Å². The van der Waals surface area contributed by atoms with Crippen LogP contribution in [0.3, 0.4) is 0 Å². The molecular weight excluding hydrogens is 222 g/mol. The minimum atomic E-state index is 0.0351. The predicted octanol–water partition coefficient (Wildman–Crippen LogP) is 3.89. The highest BCUT2D eigenvalue weighted by Crippen LogP contribution is 2.42. The highest BCUT2D eigenvalue weighted by atomic mass is 15.5. The molecule has 0 radical (unpaired) electrons. The van der Waals surface area contributed by atoms with E-state index >= 15 is 0 Å². The van der Waals surface area contributed by atoms with Crippen LogP contribution in [0.4, 0.5) is 0 Å². The number of nitrogens with zero attached hydrogens (tertiary/aromatic N) is 3. The van der Waals surface area contributed by atoms with Gasteiger partial charge in [-0.25, -0.2) is 4.68 Å². The van der Waals surface area contributed by atoms with Crippen LogP contribution >= 0.6 is 0 Å². The minimum Gasteiger partial charge on any atom is -0.244 e. The van der Waals surface area contributed by atoms with Gasteiger partial charge in [-0.3, -0.25) is 0 Å². The molecule has 3 heteroatoms. The fraction of sp³-hybridized carbons (Fsp3) is 0.867. The molecule has 0 saturated heterocycles. The molecular formula is C15H27N3. The molecule has 2 rings (SSSR count). The van der Waals surface area contributed by atoms with Gasteiger partial charge in [0.2, 0.25) is 0 Å². The zero-order valence-electron chi connectivity index (χ0n) is 12.7. The van der Waals surface area contributed by atoms with E-state index in [1.807, 2.05) is 0 Å². The third-order valence-electron chi connectivity index (χ3n) is 3.96. The maximum absolute atomic E-state index is 4.54. The molecule has 0 fully saturated rings. The van der Waals surface area contributed by atoms with Gasteiger partial charge in [-0.2, -0.15) is 0 Å². The average molecular weight is 249 g/mol. The van der Waals surface area contributed by atoms with Gasteiger partial charge in [0.05, 0.1) is 16.9 Å². The van der Waals surface area contributed by atoms with Crippen LogP contribution in [-0.4, -0.2) is 15.0 Å². The van der Waals surface area contributed by atoms with Gasteiger partial charge < -0.3 is 0 Å². The molecule has 102 valence electrons. The molecule has 0 bridgehead atoms. The van der Waals surface area contributed by atoms with E-state index in [-0.39, 0.29) is 11.0 Å². The Hall–Kier alpha value is -0.860. The van der Waals surface area contributed by atoms with Crippen LogP contribution in [0.25, 0.3) is 0 Å². The predicted molar refractivity (Wildman–Crippen MR) is 74.8 cm³/mol. The second-order valence-electron chi connectivity index (χ2n) is 7.67. The number of hydrogen-bond acceptors (Lipinski definition) is 2. The molecule has 1 heterocycles. The summed E-state index contributed by atoms with van der Waals surface area (Å²) < 4.78 is 2.15. The van der Waals surface area contributed by atoms with E-state index in [0.717, 1.165) is 6.42 Å². The SMILES string of the molecule is CC(C)(C)C1CCCCc2c1nnn2C(C)(C)C. The van der Waals surface area contributed by atoms with Gasteiger partial charge >= 0.3 is 0 Å². The van der Waals surface area contributed by atoms with Crippen LogP contribution in [0.1, 0.15) is 78.1 Å². The number of hydrogen-bond donors (Lipinski definition) is 0. The quantitative estimate of drug-likeness (QED) is 0.653. The molecule has 1 unspecified atom stereocenters. The molecule has 1 aliphatic carbocycles. The monoisotopic (exact) mass is 249 g/mol. The molecule has 0 N–H and O–H groups in total. The highest BCUT2D eigenvalue weighted by molar-refractivity contribution is 5.20. The number of fused-ring (bicyclic) bond motifs is 1. The van der Waals surface area contributed by atoms with E-state index in [9.17, 15) is 0 Å². The first kappa shape index (κ1) is 13.6. The minimum absolute atomic E-state index is 0.0351. The number of aromatic nitrogens is 3. The van der Waals surface area contributed by atoms with Gasteiger partial charge in [-0.05, 0) is 45.4 Å². The number of rotatable bonds is 0. The molecule has 1 aromatic rings. The Morgan fingerprint density at radius 2 is 1.72 bits per heavy atom. The van der Waals surface area contributed by atoms with Crippen molar-refractivity contribution in [3.63, 3.8) is 0 Å². The summed E-state index contributed by atoms with van der Waals surface area (Å²) in [6.07, 6.45) is 4.96. The van der Waals surface area contributed by atoms with E-state index in [2.05, 4.69) is 56.5 Å². The molecule has 1 aromatic heterocycles. The summed E-state index contributed by atoms with van der Waals surface area (Å²) in [6.45, 7) is 13.6. The Balaban J connectivity index is 2.49. The fourth-order valence-electron chi connectivity index (χ4n) is 2.98. The van der Waals surface area contributed by atoms with Crippen molar-refractivity contribution in [2.24, 2.45) is 5.41 Å². The van der Waals surface area contributed by atoms with E-state index in [1.54, 1.807) is 0 Å². The highest BCUT2D eigenvalue weighted by Gasteiger charge is 2.34. The van der Waals surface area contributed by atoms with Crippen molar-refractivity contribution in [1.82, 2.24) is 15.0 Å². The smallest absolute Gasteiger partial charge is 0.0895 e. The Labute approximate surface area is 111 Å². The van der Waals surface area contributed by atoms with Crippen LogP contribution < -0.4 is 0 Å². The zero-order chi connectivity index (χ0) is 13.6. The van der Waals surface area contributed by atoms with Gasteiger partial charge in [-0.1, -0.05) is 32.4 Å². The lowest BCUT2D eigenvalue weighted by Gasteiger charge is -2.29. The van der Waals surface area contributed by atoms with Crippen LogP contribution in [0.5, 0.6) is 0 Å². The van der Waals surface area contributed by atoms with Crippen molar-refractivity contribution in [1.29, 1.82) is 0 Å². The van der Waals surface area contributed by atoms with E-state index in [1.165, 1.54) is 30.7 Å². The molecule has 3 nitrogen and oxygen atoms in total. The fourth-order valence-corrected chi connectivity index (χ4v) is 2.98. The Bertz CT molecular complexity index is 418. The summed E-state index contributed by atoms with van der Waals surface area (Å²) in [5.74, 6) is 0.547. The summed E-state index contributed by atoms with van der Waals surface area (Å²) in [6, 6.07) is 0. The topological polar surface area (TPSA) is 30.7 Å². The Kier molecular flexibility index (Phi) is 3.28. The molecule has 1 aliphatic rings. The van der Waals surface area contributed by atoms with E-state index < -0.39 is 0 Å². The molecule has 18 heavy (non-hydrogen) atoms. The van der Waals surface area contributed by atoms with Crippen molar-refractivity contribution in [2.45, 2.75) is 78.7 Å². The van der Waals surface area contributed by atoms with Crippen molar-refractivity contribution >= 4 is 0 Å². The summed E-state index contributed by atoms with van der Waals surface area (Å²) in [5.41, 5.74) is 2.94. The molecule has 0 spiro atoms. The van der Waals surface area contributed by atoms with E-state index in [0.29, 0.717) is 5.92 Å². The lowest BCUT2D eigenvalue weighted by atomic mass is 9.76. The first-order valence-electron chi connectivity index (χ1n) is 7.16. The van der Waals surface area contributed by atoms with Gasteiger partial charge in [0.15, 0.2) is 0 Å². The lowest BCUT2D eigenvalue weighted by Crippen LogP contribution is -2.26. The molecule has 0 aromatic carbocycles. The van der Waals surface area contributed by atoms with Crippen molar-refractivity contribution in [3.8, 4) is 0 Å². The summed E-state index contributed by atoms with van der Waals surface area (Å²) >= 11 is 0. The Morgan fingerprint density at radius 3 is 2.28 bits per heavy atom. The normalized spacial score (nSPS) is 21.6. The second-order valence-corrected chi connectivity index (χ2v) is 7.67. The molecule has 1 atom stereocenters. The summed E-state index contributed by atoms with van der Waals surface area (Å²) in [7, 11) is 0. The second kappa shape index (κ2) is 4.36. The largest absolute Gasteiger partial charge is 0.244 e. The zero-order valence-corrected chi connectivity index (χ0v) is 12.7. The maximum atomic E-state index is 4.54. The first-order valence-corrected chi connectivity index (χ1v) is 7.16. The molecule has 0 saturated carbocycles. The van der Waals surface area contributed by atoms with Crippen LogP contribution in [0.15, 0.2) is 0 Å². The van der Waals surface area contributed by atoms with Crippen LogP contribution in [-0.2, 0) is 12.0 Å². The van der Waals surface area contributed by atoms with Crippen molar-refractivity contribution in [3.05, 3.63) is 11.4 Å². The first-order chi connectivity index (χ1) is 8.21. The van der Waals surface area contributed by atoms with Crippen LogP contribution in [0, 0.1) is 5.41 Å². The summed E-state index contributed by atoms with van der Waals surface area (Å²) in [5, 5.41) is 8.99. The van der Waals surface area contributed by atoms with Gasteiger partial charge in [0.1, 0.15) is 0 Å². The standard InChI is InChI=1S/C15H27N3/c1-14(2,3)11-9-7-8-10-12-13(11)16-17-18(12)15(4,5)6/h11H,7-10H2,1-6H3. The van der Waals surface area contributed by atoms with Crippen LogP contribution in [0.2, 0.25) is 0 Å². The van der Waals surface area contributed by atoms with Crippen molar-refractivity contribution in [2.75, 3.05) is 0 Å². The average Bonchev–Trinajstić information content (AvgIpc) is 2.49. The third kappa shape index (κ3) is 2.45. The lowest BCUT2D eigenvalue weighted by molar-refractivity contribution is 0.297. The molecule has 0 aliphatic heterocycles. The van der Waals surface area contributed by atoms with Gasteiger partial charge in [-0.15, -0.1) is 5.10 Å². The molecule has 0 amide bonds. The van der Waals surface area contributed by atoms with E-state index in [4.69, 9.17) is 0 Å².